The van der Waals surface area contributed by atoms with Crippen LogP contribution >= 0.6 is 0 Å². The van der Waals surface area contributed by atoms with Crippen molar-refractivity contribution < 1.29 is 5.11 Å². The molecule has 2 nitrogen and oxygen atoms in total. The molecular formula is C11H19NO. The molecule has 2 heteroatoms. The van der Waals surface area contributed by atoms with Gasteiger partial charge in [-0.3, -0.25) is 0 Å². The van der Waals surface area contributed by atoms with Gasteiger partial charge in [0, 0.05) is 0 Å². The third-order valence-corrected chi connectivity index (χ3v) is 2.95. The molecule has 0 bridgehead atoms. The van der Waals surface area contributed by atoms with Crippen LogP contribution in [0.2, 0.25) is 0 Å². The number of hydrogen-bond acceptors (Lipinski definition) is 2. The minimum Gasteiger partial charge on any atom is -0.390 e. The zero-order valence-electron chi connectivity index (χ0n) is 8.58. The highest BCUT2D eigenvalue weighted by Gasteiger charge is 2.43. The van der Waals surface area contributed by atoms with Crippen molar-refractivity contribution in [3.8, 4) is 6.07 Å². The van der Waals surface area contributed by atoms with Gasteiger partial charge in [0.25, 0.3) is 0 Å². The van der Waals surface area contributed by atoms with Gasteiger partial charge in [-0.15, -0.1) is 0 Å². The number of hydrogen-bond donors (Lipinski definition) is 1. The van der Waals surface area contributed by atoms with Crippen LogP contribution < -0.4 is 0 Å². The maximum Gasteiger partial charge on any atom is 0.0675 e. The van der Waals surface area contributed by atoms with Crippen LogP contribution in [0.15, 0.2) is 0 Å². The molecule has 0 radical (unpaired) electrons. The van der Waals surface area contributed by atoms with Gasteiger partial charge in [-0.1, -0.05) is 26.7 Å². The lowest BCUT2D eigenvalue weighted by atomic mass is 9.67. The predicted molar refractivity (Wildman–Crippen MR) is 52.0 cm³/mol. The van der Waals surface area contributed by atoms with Crippen LogP contribution in [0.25, 0.3) is 0 Å². The Morgan fingerprint density at radius 2 is 2.23 bits per heavy atom. The summed E-state index contributed by atoms with van der Waals surface area (Å²) in [5.41, 5.74) is -0.505. The van der Waals surface area contributed by atoms with Crippen molar-refractivity contribution >= 4 is 0 Å². The van der Waals surface area contributed by atoms with E-state index < -0.39 is 5.60 Å². The van der Waals surface area contributed by atoms with E-state index in [2.05, 4.69) is 19.9 Å². The molecule has 1 unspecified atom stereocenters. The van der Waals surface area contributed by atoms with Crippen molar-refractivity contribution in [3.05, 3.63) is 0 Å². The molecule has 0 amide bonds. The Morgan fingerprint density at radius 1 is 1.62 bits per heavy atom. The lowest BCUT2D eigenvalue weighted by Crippen LogP contribution is -2.44. The monoisotopic (exact) mass is 181 g/mol. The summed E-state index contributed by atoms with van der Waals surface area (Å²) in [5.74, 6) is 0.702. The van der Waals surface area contributed by atoms with E-state index in [1.54, 1.807) is 0 Å². The Bertz CT molecular complexity index is 201. The highest BCUT2D eigenvalue weighted by molar-refractivity contribution is 5.03. The number of nitriles is 1. The molecule has 0 aliphatic heterocycles. The summed E-state index contributed by atoms with van der Waals surface area (Å²) in [5, 5.41) is 18.6. The fraction of sp³-hybridized carbons (Fsp3) is 0.909. The molecule has 1 aliphatic carbocycles. The van der Waals surface area contributed by atoms with Crippen LogP contribution in [0.1, 0.15) is 46.0 Å². The molecule has 0 aromatic heterocycles. The Hall–Kier alpha value is -0.550. The number of rotatable bonds is 4. The Labute approximate surface area is 80.6 Å². The molecule has 1 fully saturated rings. The van der Waals surface area contributed by atoms with Crippen LogP contribution in [0, 0.1) is 23.2 Å². The van der Waals surface area contributed by atoms with Gasteiger partial charge < -0.3 is 5.11 Å². The topological polar surface area (TPSA) is 44.0 Å². The van der Waals surface area contributed by atoms with Gasteiger partial charge in [0.1, 0.15) is 0 Å². The third-order valence-electron chi connectivity index (χ3n) is 2.95. The Balaban J connectivity index is 2.26. The van der Waals surface area contributed by atoms with E-state index in [1.165, 1.54) is 12.8 Å². The summed E-state index contributed by atoms with van der Waals surface area (Å²) in [4.78, 5) is 0. The zero-order chi connectivity index (χ0) is 9.90. The average Bonchev–Trinajstić information content (AvgIpc) is 2.00. The molecule has 1 atom stereocenters. The molecule has 1 saturated carbocycles. The lowest BCUT2D eigenvalue weighted by Gasteiger charge is -2.42. The first kappa shape index (κ1) is 10.5. The Morgan fingerprint density at radius 3 is 2.69 bits per heavy atom. The summed E-state index contributed by atoms with van der Waals surface area (Å²) in [7, 11) is 0. The molecule has 0 spiro atoms. The quantitative estimate of drug-likeness (QED) is 0.724. The first-order chi connectivity index (χ1) is 6.09. The second-order valence-electron chi connectivity index (χ2n) is 4.56. The van der Waals surface area contributed by atoms with Crippen molar-refractivity contribution in [2.24, 2.45) is 11.8 Å². The average molecular weight is 181 g/mol. The second kappa shape index (κ2) is 4.11. The van der Waals surface area contributed by atoms with Crippen LogP contribution in [0.3, 0.4) is 0 Å². The van der Waals surface area contributed by atoms with Gasteiger partial charge in [-0.05, 0) is 25.2 Å². The summed E-state index contributed by atoms with van der Waals surface area (Å²) in [6.07, 6.45) is 4.62. The number of nitrogens with zero attached hydrogens (tertiary/aromatic N) is 1. The zero-order valence-corrected chi connectivity index (χ0v) is 8.58. The second-order valence-corrected chi connectivity index (χ2v) is 4.56. The van der Waals surface area contributed by atoms with Gasteiger partial charge in [0.05, 0.1) is 17.6 Å². The van der Waals surface area contributed by atoms with Crippen LogP contribution in [-0.4, -0.2) is 10.7 Å². The van der Waals surface area contributed by atoms with E-state index >= 15 is 0 Å². The third kappa shape index (κ3) is 2.70. The standard InChI is InChI=1S/C11H19NO/c1-3-4-9(2)5-11(13)6-10(7-11)8-12/h9-10,13H,3-7H2,1-2H3. The maximum absolute atomic E-state index is 9.96. The molecule has 1 rings (SSSR count). The van der Waals surface area contributed by atoms with Crippen molar-refractivity contribution in [1.29, 1.82) is 5.26 Å². The van der Waals surface area contributed by atoms with Crippen molar-refractivity contribution in [1.82, 2.24) is 0 Å². The normalized spacial score (nSPS) is 34.8. The fourth-order valence-electron chi connectivity index (χ4n) is 2.36. The van der Waals surface area contributed by atoms with Crippen molar-refractivity contribution in [2.75, 3.05) is 0 Å². The fourth-order valence-corrected chi connectivity index (χ4v) is 2.36. The Kier molecular flexibility index (Phi) is 3.33. The molecule has 0 aromatic carbocycles. The smallest absolute Gasteiger partial charge is 0.0675 e. The highest BCUT2D eigenvalue weighted by atomic mass is 16.3. The van der Waals surface area contributed by atoms with E-state index in [0.717, 1.165) is 6.42 Å². The summed E-state index contributed by atoms with van der Waals surface area (Å²) in [6.45, 7) is 4.35. The molecule has 0 heterocycles. The summed E-state index contributed by atoms with van der Waals surface area (Å²) < 4.78 is 0. The molecular weight excluding hydrogens is 162 g/mol. The van der Waals surface area contributed by atoms with Gasteiger partial charge in [0.2, 0.25) is 0 Å². The molecule has 1 N–H and O–H groups in total. The van der Waals surface area contributed by atoms with Gasteiger partial charge >= 0.3 is 0 Å². The molecule has 1 aliphatic rings. The predicted octanol–water partition coefficient (Wildman–Crippen LogP) is 2.48. The van der Waals surface area contributed by atoms with Gasteiger partial charge in [0.15, 0.2) is 0 Å². The van der Waals surface area contributed by atoms with Crippen molar-refractivity contribution in [2.45, 2.75) is 51.6 Å². The first-order valence-corrected chi connectivity index (χ1v) is 5.21. The molecule has 13 heavy (non-hydrogen) atoms. The highest BCUT2D eigenvalue weighted by Crippen LogP contribution is 2.42. The van der Waals surface area contributed by atoms with Crippen LogP contribution in [0.5, 0.6) is 0 Å². The molecule has 0 saturated heterocycles. The van der Waals surface area contributed by atoms with Crippen LogP contribution in [0.4, 0.5) is 0 Å². The van der Waals surface area contributed by atoms with E-state index in [9.17, 15) is 5.11 Å². The summed E-state index contributed by atoms with van der Waals surface area (Å²) >= 11 is 0. The SMILES string of the molecule is CCCC(C)CC1(O)CC(C#N)C1. The molecule has 74 valence electrons. The maximum atomic E-state index is 9.96. The van der Waals surface area contributed by atoms with Gasteiger partial charge in [-0.25, -0.2) is 0 Å². The molecule has 0 aromatic rings. The van der Waals surface area contributed by atoms with E-state index in [4.69, 9.17) is 5.26 Å². The first-order valence-electron chi connectivity index (χ1n) is 5.21. The van der Waals surface area contributed by atoms with Crippen LogP contribution in [-0.2, 0) is 0 Å². The summed E-state index contributed by atoms with van der Waals surface area (Å²) in [6, 6.07) is 2.20. The van der Waals surface area contributed by atoms with E-state index in [-0.39, 0.29) is 5.92 Å². The van der Waals surface area contributed by atoms with Gasteiger partial charge in [-0.2, -0.15) is 5.26 Å². The minimum atomic E-state index is -0.505. The van der Waals surface area contributed by atoms with E-state index in [0.29, 0.717) is 18.8 Å². The van der Waals surface area contributed by atoms with Crippen molar-refractivity contribution in [3.63, 3.8) is 0 Å². The number of aliphatic hydroxyl groups is 1. The minimum absolute atomic E-state index is 0.110. The van der Waals surface area contributed by atoms with E-state index in [1.807, 2.05) is 0 Å². The largest absolute Gasteiger partial charge is 0.390 e. The lowest BCUT2D eigenvalue weighted by molar-refractivity contribution is -0.0734.